The standard InChI is InChI=1S/C7H5N.C2H2O4/c8-6-7-4-2-1-3-5-7;3-1(4)2(5)6/h1-5H;(H,3,4)(H,5,6). The molecule has 0 aromatic heterocycles. The van der Waals surface area contributed by atoms with Crippen LogP contribution in [0.25, 0.3) is 0 Å². The highest BCUT2D eigenvalue weighted by molar-refractivity contribution is 6.27. The second-order valence-corrected chi connectivity index (χ2v) is 2.09. The average Bonchev–Trinajstić information content (AvgIpc) is 2.20. The lowest BCUT2D eigenvalue weighted by Gasteiger charge is -1.80. The molecule has 5 nitrogen and oxygen atoms in total. The maximum absolute atomic E-state index is 9.10. The third-order valence-electron chi connectivity index (χ3n) is 1.09. The van der Waals surface area contributed by atoms with Crippen molar-refractivity contribution in [3.05, 3.63) is 35.9 Å². The van der Waals surface area contributed by atoms with Gasteiger partial charge in [-0.1, -0.05) is 18.2 Å². The predicted octanol–water partition coefficient (Wildman–Crippen LogP) is 0.714. The zero-order chi connectivity index (χ0) is 11.0. The third kappa shape index (κ3) is 5.32. The van der Waals surface area contributed by atoms with Crippen molar-refractivity contribution >= 4 is 11.9 Å². The van der Waals surface area contributed by atoms with Gasteiger partial charge in [-0.15, -0.1) is 0 Å². The van der Waals surface area contributed by atoms with Crippen molar-refractivity contribution in [2.75, 3.05) is 0 Å². The van der Waals surface area contributed by atoms with Crippen LogP contribution in [0, 0.1) is 11.3 Å². The van der Waals surface area contributed by atoms with Crippen LogP contribution in [0.4, 0.5) is 0 Å². The minimum Gasteiger partial charge on any atom is -0.473 e. The van der Waals surface area contributed by atoms with E-state index >= 15 is 0 Å². The van der Waals surface area contributed by atoms with E-state index in [0.717, 1.165) is 0 Å². The van der Waals surface area contributed by atoms with Crippen LogP contribution in [-0.4, -0.2) is 22.2 Å². The van der Waals surface area contributed by atoms with E-state index in [1.807, 2.05) is 24.3 Å². The van der Waals surface area contributed by atoms with Crippen LogP contribution in [0.2, 0.25) is 0 Å². The summed E-state index contributed by atoms with van der Waals surface area (Å²) in [5.74, 6) is -3.65. The van der Waals surface area contributed by atoms with Crippen LogP contribution in [-0.2, 0) is 9.59 Å². The Balaban J connectivity index is 0.000000255. The zero-order valence-corrected chi connectivity index (χ0v) is 7.04. The maximum atomic E-state index is 9.10. The number of nitriles is 1. The van der Waals surface area contributed by atoms with Crippen molar-refractivity contribution in [3.63, 3.8) is 0 Å². The molecule has 5 heteroatoms. The van der Waals surface area contributed by atoms with Gasteiger partial charge in [0.05, 0.1) is 11.6 Å². The molecule has 0 saturated carbocycles. The molecule has 0 aliphatic carbocycles. The summed E-state index contributed by atoms with van der Waals surface area (Å²) in [4.78, 5) is 18.2. The van der Waals surface area contributed by atoms with Gasteiger partial charge in [0, 0.05) is 0 Å². The highest BCUT2D eigenvalue weighted by atomic mass is 16.4. The summed E-state index contributed by atoms with van der Waals surface area (Å²) in [7, 11) is 0. The molecule has 1 aromatic carbocycles. The number of carboxylic acids is 2. The highest BCUT2D eigenvalue weighted by Crippen LogP contribution is 1.93. The fraction of sp³-hybridized carbons (Fsp3) is 0. The minimum absolute atomic E-state index is 0.715. The first kappa shape index (κ1) is 11.6. The van der Waals surface area contributed by atoms with E-state index in [2.05, 4.69) is 0 Å². The third-order valence-corrected chi connectivity index (χ3v) is 1.09. The molecule has 0 fully saturated rings. The van der Waals surface area contributed by atoms with E-state index in [-0.39, 0.29) is 0 Å². The molecule has 2 N–H and O–H groups in total. The molecule has 0 heterocycles. The Hall–Kier alpha value is -2.35. The van der Waals surface area contributed by atoms with Gasteiger partial charge in [0.25, 0.3) is 0 Å². The van der Waals surface area contributed by atoms with Gasteiger partial charge >= 0.3 is 11.9 Å². The Bertz CT molecular complexity index is 341. The van der Waals surface area contributed by atoms with Crippen molar-refractivity contribution in [2.24, 2.45) is 0 Å². The predicted molar refractivity (Wildman–Crippen MR) is 46.4 cm³/mol. The van der Waals surface area contributed by atoms with Gasteiger partial charge in [0.15, 0.2) is 0 Å². The first-order valence-electron chi connectivity index (χ1n) is 3.49. The van der Waals surface area contributed by atoms with E-state index in [9.17, 15) is 0 Å². The number of aliphatic carboxylic acids is 2. The number of hydrogen-bond acceptors (Lipinski definition) is 3. The van der Waals surface area contributed by atoms with Crippen molar-refractivity contribution in [2.45, 2.75) is 0 Å². The molecule has 1 aromatic rings. The molecule has 0 radical (unpaired) electrons. The largest absolute Gasteiger partial charge is 0.473 e. The van der Waals surface area contributed by atoms with Gasteiger partial charge in [-0.25, -0.2) is 9.59 Å². The minimum atomic E-state index is -1.82. The molecule has 0 unspecified atom stereocenters. The first-order valence-corrected chi connectivity index (χ1v) is 3.49. The molecule has 0 aliphatic heterocycles. The van der Waals surface area contributed by atoms with Crippen molar-refractivity contribution in [1.29, 1.82) is 5.26 Å². The molecule has 0 atom stereocenters. The molecule has 0 spiro atoms. The van der Waals surface area contributed by atoms with Crippen LogP contribution in [0.1, 0.15) is 5.56 Å². The summed E-state index contributed by atoms with van der Waals surface area (Å²) in [5, 5.41) is 23.1. The summed E-state index contributed by atoms with van der Waals surface area (Å²) < 4.78 is 0. The van der Waals surface area contributed by atoms with Gasteiger partial charge in [-0.2, -0.15) is 5.26 Å². The van der Waals surface area contributed by atoms with Gasteiger partial charge in [0.2, 0.25) is 0 Å². The Labute approximate surface area is 79.8 Å². The summed E-state index contributed by atoms with van der Waals surface area (Å²) >= 11 is 0. The van der Waals surface area contributed by atoms with Crippen LogP contribution < -0.4 is 0 Å². The van der Waals surface area contributed by atoms with Gasteiger partial charge < -0.3 is 10.2 Å². The van der Waals surface area contributed by atoms with E-state index in [4.69, 9.17) is 25.1 Å². The lowest BCUT2D eigenvalue weighted by Crippen LogP contribution is -2.09. The topological polar surface area (TPSA) is 98.4 Å². The first-order chi connectivity index (χ1) is 6.57. The lowest BCUT2D eigenvalue weighted by atomic mass is 10.2. The number of benzene rings is 1. The molecule has 0 bridgehead atoms. The van der Waals surface area contributed by atoms with Crippen molar-refractivity contribution in [3.8, 4) is 6.07 Å². The molecule has 0 saturated heterocycles. The summed E-state index contributed by atoms with van der Waals surface area (Å²) in [6.07, 6.45) is 0. The summed E-state index contributed by atoms with van der Waals surface area (Å²) in [6, 6.07) is 11.2. The molecule has 0 aliphatic rings. The smallest absolute Gasteiger partial charge is 0.414 e. The number of carbonyl (C=O) groups is 2. The maximum Gasteiger partial charge on any atom is 0.414 e. The molecule has 0 amide bonds. The van der Waals surface area contributed by atoms with Crippen LogP contribution in [0.3, 0.4) is 0 Å². The van der Waals surface area contributed by atoms with Gasteiger partial charge in [-0.3, -0.25) is 0 Å². The fourth-order valence-corrected chi connectivity index (χ4v) is 0.513. The number of carboxylic acid groups (broad SMARTS) is 2. The highest BCUT2D eigenvalue weighted by Gasteiger charge is 2.04. The Morgan fingerprint density at radius 1 is 1.07 bits per heavy atom. The number of hydrogen-bond donors (Lipinski definition) is 2. The summed E-state index contributed by atoms with van der Waals surface area (Å²) in [5.41, 5.74) is 0.715. The van der Waals surface area contributed by atoms with E-state index in [0.29, 0.717) is 5.56 Å². The van der Waals surface area contributed by atoms with Gasteiger partial charge in [0.1, 0.15) is 0 Å². The molecular formula is C9H7NO4. The molecule has 72 valence electrons. The number of nitrogens with zero attached hydrogens (tertiary/aromatic N) is 1. The van der Waals surface area contributed by atoms with E-state index in [1.165, 1.54) is 0 Å². The second-order valence-electron chi connectivity index (χ2n) is 2.09. The normalized spacial score (nSPS) is 7.64. The van der Waals surface area contributed by atoms with Crippen LogP contribution in [0.5, 0.6) is 0 Å². The van der Waals surface area contributed by atoms with E-state index in [1.54, 1.807) is 12.1 Å². The molecule has 14 heavy (non-hydrogen) atoms. The lowest BCUT2D eigenvalue weighted by molar-refractivity contribution is -0.159. The van der Waals surface area contributed by atoms with Crippen LogP contribution >= 0.6 is 0 Å². The monoisotopic (exact) mass is 193 g/mol. The molecule has 1 rings (SSSR count). The van der Waals surface area contributed by atoms with Crippen molar-refractivity contribution < 1.29 is 19.8 Å². The van der Waals surface area contributed by atoms with Crippen LogP contribution in [0.15, 0.2) is 30.3 Å². The quantitative estimate of drug-likeness (QED) is 0.591. The van der Waals surface area contributed by atoms with E-state index < -0.39 is 11.9 Å². The Kier molecular flexibility index (Phi) is 5.16. The zero-order valence-electron chi connectivity index (χ0n) is 7.04. The Morgan fingerprint density at radius 2 is 1.50 bits per heavy atom. The average molecular weight is 193 g/mol. The fourth-order valence-electron chi connectivity index (χ4n) is 0.513. The number of rotatable bonds is 0. The second kappa shape index (κ2) is 6.20. The van der Waals surface area contributed by atoms with Gasteiger partial charge in [-0.05, 0) is 12.1 Å². The summed E-state index contributed by atoms with van der Waals surface area (Å²) in [6.45, 7) is 0. The SMILES string of the molecule is N#Cc1ccccc1.O=C(O)C(=O)O. The Morgan fingerprint density at radius 3 is 1.71 bits per heavy atom. The molecular weight excluding hydrogens is 186 g/mol. The van der Waals surface area contributed by atoms with Crippen molar-refractivity contribution in [1.82, 2.24) is 0 Å².